The van der Waals surface area contributed by atoms with Crippen LogP contribution in [0.1, 0.15) is 5.82 Å². The molecule has 0 radical (unpaired) electrons. The second kappa shape index (κ2) is 8.89. The van der Waals surface area contributed by atoms with E-state index < -0.39 is 0 Å². The Balaban J connectivity index is 1.35. The molecule has 1 aliphatic rings. The fourth-order valence-electron chi connectivity index (χ4n) is 3.06. The lowest BCUT2D eigenvalue weighted by Gasteiger charge is -2.25. The number of hydrogen-bond acceptors (Lipinski definition) is 5. The fraction of sp³-hybridized carbons (Fsp3) is 0.300. The van der Waals surface area contributed by atoms with Crippen LogP contribution in [0.2, 0.25) is 0 Å². The van der Waals surface area contributed by atoms with Gasteiger partial charge in [0.1, 0.15) is 11.6 Å². The standard InChI is InChI=1S/C20H21IN4O3/c21-14-1-4-16(5-2-14)28-13-20(26)22-15-3-6-17-18(11-15)24-19(23-17)12-25-7-9-27-10-8-25/h1-6,11H,7-10,12-13H2,(H,22,26)(H,23,24). The lowest BCUT2D eigenvalue weighted by Crippen LogP contribution is -2.35. The number of ether oxygens (including phenoxy) is 2. The Morgan fingerprint density at radius 3 is 2.79 bits per heavy atom. The molecule has 1 saturated heterocycles. The minimum absolute atomic E-state index is 0.0378. The quantitative estimate of drug-likeness (QED) is 0.518. The third-order valence-corrected chi connectivity index (χ3v) is 5.19. The van der Waals surface area contributed by atoms with Crippen molar-refractivity contribution in [2.45, 2.75) is 6.54 Å². The summed E-state index contributed by atoms with van der Waals surface area (Å²) in [5, 5.41) is 2.87. The summed E-state index contributed by atoms with van der Waals surface area (Å²) < 4.78 is 12.0. The van der Waals surface area contributed by atoms with Crippen LogP contribution in [0.5, 0.6) is 5.75 Å². The molecule has 0 bridgehead atoms. The van der Waals surface area contributed by atoms with Crippen molar-refractivity contribution in [3.8, 4) is 5.75 Å². The van der Waals surface area contributed by atoms with Gasteiger partial charge in [-0.25, -0.2) is 4.98 Å². The van der Waals surface area contributed by atoms with Crippen molar-refractivity contribution in [1.29, 1.82) is 0 Å². The summed E-state index contributed by atoms with van der Waals surface area (Å²) in [5.41, 5.74) is 2.50. The van der Waals surface area contributed by atoms with Crippen LogP contribution in [0, 0.1) is 3.57 Å². The van der Waals surface area contributed by atoms with Gasteiger partial charge < -0.3 is 19.8 Å². The van der Waals surface area contributed by atoms with Gasteiger partial charge in [-0.15, -0.1) is 0 Å². The number of anilines is 1. The van der Waals surface area contributed by atoms with Crippen LogP contribution in [-0.4, -0.2) is 53.7 Å². The molecule has 28 heavy (non-hydrogen) atoms. The Morgan fingerprint density at radius 1 is 1.21 bits per heavy atom. The fourth-order valence-corrected chi connectivity index (χ4v) is 3.42. The molecule has 0 spiro atoms. The van der Waals surface area contributed by atoms with Crippen LogP contribution in [0.25, 0.3) is 11.0 Å². The van der Waals surface area contributed by atoms with Crippen LogP contribution >= 0.6 is 22.6 Å². The highest BCUT2D eigenvalue weighted by Crippen LogP contribution is 2.19. The molecule has 8 heteroatoms. The van der Waals surface area contributed by atoms with E-state index in [1.807, 2.05) is 42.5 Å². The third-order valence-electron chi connectivity index (χ3n) is 4.48. The van der Waals surface area contributed by atoms with Crippen molar-refractivity contribution >= 4 is 45.2 Å². The smallest absolute Gasteiger partial charge is 0.262 e. The van der Waals surface area contributed by atoms with E-state index in [2.05, 4.69) is 42.8 Å². The summed E-state index contributed by atoms with van der Waals surface area (Å²) in [7, 11) is 0. The zero-order valence-corrected chi connectivity index (χ0v) is 17.4. The summed E-state index contributed by atoms with van der Waals surface area (Å²) in [6.45, 7) is 4.09. The minimum Gasteiger partial charge on any atom is -0.484 e. The average molecular weight is 492 g/mol. The molecule has 1 fully saturated rings. The maximum Gasteiger partial charge on any atom is 0.262 e. The Labute approximate surface area is 176 Å². The summed E-state index contributed by atoms with van der Waals surface area (Å²) in [6.07, 6.45) is 0. The summed E-state index contributed by atoms with van der Waals surface area (Å²) in [4.78, 5) is 22.5. The average Bonchev–Trinajstić information content (AvgIpc) is 3.10. The molecular weight excluding hydrogens is 471 g/mol. The summed E-state index contributed by atoms with van der Waals surface area (Å²) in [5.74, 6) is 1.39. The first kappa shape index (κ1) is 19.2. The van der Waals surface area contributed by atoms with E-state index in [-0.39, 0.29) is 12.5 Å². The number of aromatic nitrogens is 2. The lowest BCUT2D eigenvalue weighted by atomic mass is 10.3. The van der Waals surface area contributed by atoms with Crippen molar-refractivity contribution in [3.05, 3.63) is 51.9 Å². The number of hydrogen-bond donors (Lipinski definition) is 2. The number of aromatic amines is 1. The molecule has 1 amide bonds. The van der Waals surface area contributed by atoms with Crippen LogP contribution in [0.15, 0.2) is 42.5 Å². The van der Waals surface area contributed by atoms with Gasteiger partial charge >= 0.3 is 0 Å². The Hall–Kier alpha value is -2.17. The van der Waals surface area contributed by atoms with Crippen LogP contribution in [0.4, 0.5) is 5.69 Å². The van der Waals surface area contributed by atoms with Crippen molar-refractivity contribution in [2.24, 2.45) is 0 Å². The van der Waals surface area contributed by atoms with E-state index in [0.717, 1.165) is 53.3 Å². The van der Waals surface area contributed by atoms with E-state index >= 15 is 0 Å². The molecule has 0 unspecified atom stereocenters. The van der Waals surface area contributed by atoms with Gasteiger partial charge in [0.2, 0.25) is 0 Å². The SMILES string of the molecule is O=C(COc1ccc(I)cc1)Nc1ccc2nc(CN3CCOCC3)[nH]c2c1. The highest BCUT2D eigenvalue weighted by atomic mass is 127. The highest BCUT2D eigenvalue weighted by molar-refractivity contribution is 14.1. The zero-order chi connectivity index (χ0) is 19.3. The summed E-state index contributed by atoms with van der Waals surface area (Å²) in [6, 6.07) is 13.2. The number of morpholine rings is 1. The number of carbonyl (C=O) groups is 1. The number of fused-ring (bicyclic) bond motifs is 1. The Morgan fingerprint density at radius 2 is 2.00 bits per heavy atom. The molecule has 2 heterocycles. The first-order valence-corrected chi connectivity index (χ1v) is 10.2. The van der Waals surface area contributed by atoms with Crippen LogP contribution < -0.4 is 10.1 Å². The molecule has 2 aromatic carbocycles. The molecule has 2 N–H and O–H groups in total. The Bertz CT molecular complexity index is 952. The second-order valence-electron chi connectivity index (χ2n) is 6.59. The number of amides is 1. The molecule has 1 aliphatic heterocycles. The van der Waals surface area contributed by atoms with E-state index in [9.17, 15) is 4.79 Å². The predicted octanol–water partition coefficient (Wildman–Crippen LogP) is 3.02. The van der Waals surface area contributed by atoms with Gasteiger partial charge in [0.25, 0.3) is 5.91 Å². The first-order chi connectivity index (χ1) is 13.7. The van der Waals surface area contributed by atoms with E-state index in [4.69, 9.17) is 9.47 Å². The Kier molecular flexibility index (Phi) is 6.08. The number of rotatable bonds is 6. The van der Waals surface area contributed by atoms with Gasteiger partial charge in [-0.05, 0) is 65.1 Å². The monoisotopic (exact) mass is 492 g/mol. The maximum atomic E-state index is 12.2. The molecule has 0 saturated carbocycles. The number of nitrogens with one attached hydrogen (secondary N) is 2. The highest BCUT2D eigenvalue weighted by Gasteiger charge is 2.13. The van der Waals surface area contributed by atoms with Gasteiger partial charge in [0.15, 0.2) is 6.61 Å². The molecular formula is C20H21IN4O3. The van der Waals surface area contributed by atoms with Gasteiger partial charge in [-0.3, -0.25) is 9.69 Å². The van der Waals surface area contributed by atoms with Gasteiger partial charge in [-0.2, -0.15) is 0 Å². The minimum atomic E-state index is -0.203. The number of nitrogens with zero attached hydrogens (tertiary/aromatic N) is 2. The molecule has 146 valence electrons. The molecule has 1 aromatic heterocycles. The van der Waals surface area contributed by atoms with Crippen molar-refractivity contribution < 1.29 is 14.3 Å². The van der Waals surface area contributed by atoms with E-state index in [0.29, 0.717) is 11.4 Å². The van der Waals surface area contributed by atoms with Gasteiger partial charge in [-0.1, -0.05) is 0 Å². The molecule has 0 aliphatic carbocycles. The van der Waals surface area contributed by atoms with E-state index in [1.165, 1.54) is 0 Å². The molecule has 3 aromatic rings. The molecule has 0 atom stereocenters. The number of imidazole rings is 1. The number of carbonyl (C=O) groups excluding carboxylic acids is 1. The van der Waals surface area contributed by atoms with Crippen LogP contribution in [0.3, 0.4) is 0 Å². The number of benzene rings is 2. The topological polar surface area (TPSA) is 79.5 Å². The predicted molar refractivity (Wildman–Crippen MR) is 115 cm³/mol. The van der Waals surface area contributed by atoms with Gasteiger partial charge in [0, 0.05) is 22.3 Å². The van der Waals surface area contributed by atoms with Gasteiger partial charge in [0.05, 0.1) is 30.8 Å². The first-order valence-electron chi connectivity index (χ1n) is 9.13. The normalized spacial score (nSPS) is 14.9. The second-order valence-corrected chi connectivity index (χ2v) is 7.84. The number of halogens is 1. The summed E-state index contributed by atoms with van der Waals surface area (Å²) >= 11 is 2.23. The number of H-pyrrole nitrogens is 1. The van der Waals surface area contributed by atoms with Crippen LogP contribution in [-0.2, 0) is 16.1 Å². The molecule has 7 nitrogen and oxygen atoms in total. The largest absolute Gasteiger partial charge is 0.484 e. The maximum absolute atomic E-state index is 12.2. The third kappa shape index (κ3) is 5.00. The zero-order valence-electron chi connectivity index (χ0n) is 15.3. The van der Waals surface area contributed by atoms with Crippen molar-refractivity contribution in [2.75, 3.05) is 38.2 Å². The van der Waals surface area contributed by atoms with Crippen molar-refractivity contribution in [3.63, 3.8) is 0 Å². The molecule has 4 rings (SSSR count). The van der Waals surface area contributed by atoms with E-state index in [1.54, 1.807) is 0 Å². The lowest BCUT2D eigenvalue weighted by molar-refractivity contribution is -0.118. The van der Waals surface area contributed by atoms with Crippen molar-refractivity contribution in [1.82, 2.24) is 14.9 Å².